The second kappa shape index (κ2) is 3.01. The highest BCUT2D eigenvalue weighted by Gasteiger charge is 1.87. The van der Waals surface area contributed by atoms with Crippen LogP contribution >= 0.6 is 0 Å². The zero-order chi connectivity index (χ0) is 7.40. The number of anilines is 1. The van der Waals surface area contributed by atoms with Gasteiger partial charge in [0.2, 0.25) is 5.43 Å². The molecule has 0 aromatic heterocycles. The predicted octanol–water partition coefficient (Wildman–Crippen LogP) is 1.09. The molecule has 0 unspecified atom stereocenters. The molecule has 1 rings (SSSR count). The van der Waals surface area contributed by atoms with E-state index in [-0.39, 0.29) is 5.43 Å². The Labute approximate surface area is 59.5 Å². The third-order valence-electron chi connectivity index (χ3n) is 1.27. The molecule has 0 fully saturated rings. The van der Waals surface area contributed by atoms with E-state index in [1.165, 1.54) is 6.07 Å². The Bertz CT molecular complexity index is 270. The molecule has 0 heterocycles. The molecule has 52 valence electrons. The molecule has 0 radical (unpaired) electrons. The molecule has 0 aliphatic heterocycles. The monoisotopic (exact) mass is 135 g/mol. The summed E-state index contributed by atoms with van der Waals surface area (Å²) in [6.07, 6.45) is 0. The third-order valence-corrected chi connectivity index (χ3v) is 1.27. The van der Waals surface area contributed by atoms with Crippen LogP contribution in [0.3, 0.4) is 0 Å². The molecular weight excluding hydrogens is 126 g/mol. The summed E-state index contributed by atoms with van der Waals surface area (Å²) in [5.74, 6) is 0. The van der Waals surface area contributed by atoms with Crippen LogP contribution in [0.1, 0.15) is 0 Å². The Morgan fingerprint density at radius 1 is 1.20 bits per heavy atom. The Morgan fingerprint density at radius 2 is 1.90 bits per heavy atom. The van der Waals surface area contributed by atoms with Crippen LogP contribution in [0.5, 0.6) is 0 Å². The summed E-state index contributed by atoms with van der Waals surface area (Å²) in [6, 6.07) is 8.66. The van der Waals surface area contributed by atoms with Gasteiger partial charge in [0.25, 0.3) is 0 Å². The molecule has 0 aliphatic rings. The lowest BCUT2D eigenvalue weighted by molar-refractivity contribution is 1.49. The van der Waals surface area contributed by atoms with Crippen molar-refractivity contribution in [3.63, 3.8) is 0 Å². The summed E-state index contributed by atoms with van der Waals surface area (Å²) < 4.78 is 0. The number of rotatable bonds is 1. The van der Waals surface area contributed by atoms with Crippen molar-refractivity contribution in [3.8, 4) is 0 Å². The molecule has 2 heteroatoms. The second-order valence-electron chi connectivity index (χ2n) is 1.94. The van der Waals surface area contributed by atoms with Crippen molar-refractivity contribution in [2.24, 2.45) is 0 Å². The van der Waals surface area contributed by atoms with E-state index < -0.39 is 0 Å². The molecule has 0 amide bonds. The SMILES string of the molecule is CNc1cccccc1=O. The normalized spacial score (nSPS) is 8.90. The lowest BCUT2D eigenvalue weighted by Crippen LogP contribution is -2.02. The molecule has 2 nitrogen and oxygen atoms in total. The van der Waals surface area contributed by atoms with Crippen molar-refractivity contribution in [2.75, 3.05) is 12.4 Å². The maximum absolute atomic E-state index is 11.0. The van der Waals surface area contributed by atoms with Gasteiger partial charge in [-0.05, 0) is 12.1 Å². The van der Waals surface area contributed by atoms with Crippen LogP contribution < -0.4 is 10.7 Å². The van der Waals surface area contributed by atoms with Crippen LogP contribution in [-0.2, 0) is 0 Å². The molecule has 0 saturated heterocycles. The maximum Gasteiger partial charge on any atom is 0.201 e. The van der Waals surface area contributed by atoms with E-state index in [2.05, 4.69) is 5.32 Å². The molecule has 1 aromatic rings. The molecule has 0 saturated carbocycles. The summed E-state index contributed by atoms with van der Waals surface area (Å²) in [7, 11) is 1.73. The zero-order valence-corrected chi connectivity index (χ0v) is 5.79. The maximum atomic E-state index is 11.0. The second-order valence-corrected chi connectivity index (χ2v) is 1.94. The van der Waals surface area contributed by atoms with Crippen molar-refractivity contribution < 1.29 is 0 Å². The van der Waals surface area contributed by atoms with Gasteiger partial charge in [-0.3, -0.25) is 4.79 Å². The summed E-state index contributed by atoms with van der Waals surface area (Å²) >= 11 is 0. The van der Waals surface area contributed by atoms with Crippen molar-refractivity contribution >= 4 is 5.69 Å². The Hall–Kier alpha value is -1.31. The van der Waals surface area contributed by atoms with E-state index in [0.717, 1.165) is 0 Å². The van der Waals surface area contributed by atoms with Gasteiger partial charge >= 0.3 is 0 Å². The van der Waals surface area contributed by atoms with Gasteiger partial charge in [0.05, 0.1) is 5.69 Å². The van der Waals surface area contributed by atoms with Gasteiger partial charge in [0.1, 0.15) is 0 Å². The minimum absolute atomic E-state index is 0.0208. The van der Waals surface area contributed by atoms with Crippen LogP contribution in [0.15, 0.2) is 35.1 Å². The van der Waals surface area contributed by atoms with Gasteiger partial charge in [-0.2, -0.15) is 0 Å². The minimum Gasteiger partial charge on any atom is -0.385 e. The zero-order valence-electron chi connectivity index (χ0n) is 5.79. The van der Waals surface area contributed by atoms with Gasteiger partial charge in [-0.15, -0.1) is 0 Å². The Morgan fingerprint density at radius 3 is 2.60 bits per heavy atom. The van der Waals surface area contributed by atoms with E-state index in [1.807, 2.05) is 12.1 Å². The average molecular weight is 135 g/mol. The number of hydrogen-bond donors (Lipinski definition) is 1. The van der Waals surface area contributed by atoms with E-state index >= 15 is 0 Å². The van der Waals surface area contributed by atoms with E-state index in [9.17, 15) is 4.79 Å². The van der Waals surface area contributed by atoms with Gasteiger partial charge in [-0.1, -0.05) is 18.2 Å². The lowest BCUT2D eigenvalue weighted by Gasteiger charge is -1.89. The highest BCUT2D eigenvalue weighted by Crippen LogP contribution is 1.92. The van der Waals surface area contributed by atoms with Crippen LogP contribution in [-0.4, -0.2) is 7.05 Å². The molecule has 10 heavy (non-hydrogen) atoms. The molecular formula is C8H9NO. The summed E-state index contributed by atoms with van der Waals surface area (Å²) in [5, 5.41) is 2.80. The molecule has 0 atom stereocenters. The van der Waals surface area contributed by atoms with Crippen molar-refractivity contribution in [1.29, 1.82) is 0 Å². The fraction of sp³-hybridized carbons (Fsp3) is 0.125. The average Bonchev–Trinajstić information content (AvgIpc) is 2.13. The van der Waals surface area contributed by atoms with E-state index in [0.29, 0.717) is 5.69 Å². The first-order valence-corrected chi connectivity index (χ1v) is 3.11. The van der Waals surface area contributed by atoms with Crippen LogP contribution in [0.25, 0.3) is 0 Å². The third kappa shape index (κ3) is 1.35. The fourth-order valence-corrected chi connectivity index (χ4v) is 0.737. The lowest BCUT2D eigenvalue weighted by atomic mass is 10.4. The Balaban J connectivity index is 3.28. The first-order valence-electron chi connectivity index (χ1n) is 3.11. The standard InChI is InChI=1S/C8H9NO/c1-9-7-5-3-2-4-6-8(7)10/h2-6H,1H3,(H,9,10). The van der Waals surface area contributed by atoms with Crippen molar-refractivity contribution in [2.45, 2.75) is 0 Å². The van der Waals surface area contributed by atoms with Gasteiger partial charge in [-0.25, -0.2) is 0 Å². The molecule has 0 spiro atoms. The van der Waals surface area contributed by atoms with Crippen molar-refractivity contribution in [1.82, 2.24) is 0 Å². The predicted molar refractivity (Wildman–Crippen MR) is 42.3 cm³/mol. The molecule has 0 aliphatic carbocycles. The largest absolute Gasteiger partial charge is 0.385 e. The summed E-state index contributed by atoms with van der Waals surface area (Å²) in [4.78, 5) is 11.0. The molecule has 1 N–H and O–H groups in total. The van der Waals surface area contributed by atoms with Crippen molar-refractivity contribution in [3.05, 3.63) is 40.6 Å². The van der Waals surface area contributed by atoms with Crippen LogP contribution in [0.4, 0.5) is 5.69 Å². The Kier molecular flexibility index (Phi) is 2.05. The minimum atomic E-state index is 0.0208. The van der Waals surface area contributed by atoms with Crippen LogP contribution in [0.2, 0.25) is 0 Å². The molecule has 1 aromatic carbocycles. The quantitative estimate of drug-likeness (QED) is 0.624. The topological polar surface area (TPSA) is 29.1 Å². The number of nitrogens with one attached hydrogen (secondary N) is 1. The number of hydrogen-bond acceptors (Lipinski definition) is 2. The summed E-state index contributed by atoms with van der Waals surface area (Å²) in [5.41, 5.74) is 0.650. The summed E-state index contributed by atoms with van der Waals surface area (Å²) in [6.45, 7) is 0. The van der Waals surface area contributed by atoms with Gasteiger partial charge in [0, 0.05) is 7.05 Å². The highest BCUT2D eigenvalue weighted by atomic mass is 16.1. The highest BCUT2D eigenvalue weighted by molar-refractivity contribution is 5.40. The fourth-order valence-electron chi connectivity index (χ4n) is 0.737. The van der Waals surface area contributed by atoms with Gasteiger partial charge < -0.3 is 5.32 Å². The smallest absolute Gasteiger partial charge is 0.201 e. The van der Waals surface area contributed by atoms with E-state index in [1.54, 1.807) is 19.2 Å². The molecule has 0 bridgehead atoms. The van der Waals surface area contributed by atoms with E-state index in [4.69, 9.17) is 0 Å². The first-order chi connectivity index (χ1) is 4.84. The first kappa shape index (κ1) is 6.81. The van der Waals surface area contributed by atoms with Crippen LogP contribution in [0, 0.1) is 0 Å². The van der Waals surface area contributed by atoms with Gasteiger partial charge in [0.15, 0.2) is 0 Å².